The number of amides is 1. The number of carbonyl (C=O) groups is 2. The number of carbonyl (C=O) groups excluding carboxylic acids is 1. The molecule has 6 heteroatoms. The van der Waals surface area contributed by atoms with Crippen molar-refractivity contribution >= 4 is 33.5 Å². The minimum absolute atomic E-state index is 0.0190. The molecule has 0 aliphatic rings. The Morgan fingerprint density at radius 1 is 1.38 bits per heavy atom. The zero-order chi connectivity index (χ0) is 12.3. The van der Waals surface area contributed by atoms with Gasteiger partial charge >= 0.3 is 5.97 Å². The van der Waals surface area contributed by atoms with E-state index >= 15 is 0 Å². The zero-order valence-corrected chi connectivity index (χ0v) is 9.61. The summed E-state index contributed by atoms with van der Waals surface area (Å²) in [6.45, 7) is 3.35. The number of aromatic hydroxyl groups is 1. The van der Waals surface area contributed by atoms with Crippen LogP contribution in [0.25, 0.3) is 0 Å². The standard InChI is InChI=1S/C10H8BrNO4/c1-5(11)9(14)12-7-4-2-3-6(8(7)13)10(15)16/h2-4,13H,1H2,(H,12,14)(H,15,16). The van der Waals surface area contributed by atoms with Crippen LogP contribution in [0.4, 0.5) is 5.69 Å². The van der Waals surface area contributed by atoms with E-state index in [4.69, 9.17) is 5.11 Å². The maximum absolute atomic E-state index is 11.2. The summed E-state index contributed by atoms with van der Waals surface area (Å²) in [6.07, 6.45) is 0. The molecule has 84 valence electrons. The van der Waals surface area contributed by atoms with Crippen LogP contribution in [0.1, 0.15) is 10.4 Å². The largest absolute Gasteiger partial charge is 0.505 e. The minimum Gasteiger partial charge on any atom is -0.505 e. The fraction of sp³-hybridized carbons (Fsp3) is 0. The lowest BCUT2D eigenvalue weighted by Crippen LogP contribution is -2.11. The van der Waals surface area contributed by atoms with E-state index in [2.05, 4.69) is 27.8 Å². The van der Waals surface area contributed by atoms with Crippen LogP contribution < -0.4 is 5.32 Å². The smallest absolute Gasteiger partial charge is 0.339 e. The van der Waals surface area contributed by atoms with Gasteiger partial charge in [0.1, 0.15) is 5.56 Å². The number of halogens is 1. The first kappa shape index (κ1) is 12.3. The number of benzene rings is 1. The van der Waals surface area contributed by atoms with Crippen LogP contribution in [0.3, 0.4) is 0 Å². The molecule has 0 fully saturated rings. The Labute approximate surface area is 99.5 Å². The number of aromatic carboxylic acids is 1. The van der Waals surface area contributed by atoms with Crippen LogP contribution in [-0.2, 0) is 4.79 Å². The van der Waals surface area contributed by atoms with E-state index in [1.54, 1.807) is 0 Å². The number of carboxylic acid groups (broad SMARTS) is 1. The van der Waals surface area contributed by atoms with Crippen LogP contribution in [0.15, 0.2) is 29.3 Å². The Morgan fingerprint density at radius 3 is 2.50 bits per heavy atom. The first-order valence-corrected chi connectivity index (χ1v) is 4.94. The summed E-state index contributed by atoms with van der Waals surface area (Å²) in [5, 5.41) is 20.6. The van der Waals surface area contributed by atoms with Crippen LogP contribution in [-0.4, -0.2) is 22.1 Å². The summed E-state index contributed by atoms with van der Waals surface area (Å²) in [7, 11) is 0. The fourth-order valence-electron chi connectivity index (χ4n) is 1.01. The predicted octanol–water partition coefficient (Wildman–Crippen LogP) is 1.94. The summed E-state index contributed by atoms with van der Waals surface area (Å²) in [6, 6.07) is 4.03. The minimum atomic E-state index is -1.27. The maximum Gasteiger partial charge on any atom is 0.339 e. The number of anilines is 1. The molecule has 0 aliphatic heterocycles. The quantitative estimate of drug-likeness (QED) is 0.585. The second-order valence-corrected chi connectivity index (χ2v) is 3.82. The number of carboxylic acids is 1. The van der Waals surface area contributed by atoms with Gasteiger partial charge in [-0.2, -0.15) is 0 Å². The highest BCUT2D eigenvalue weighted by atomic mass is 79.9. The molecule has 1 amide bonds. The van der Waals surface area contributed by atoms with Gasteiger partial charge < -0.3 is 15.5 Å². The molecule has 0 bridgehead atoms. The van der Waals surface area contributed by atoms with Crippen molar-refractivity contribution in [2.24, 2.45) is 0 Å². The molecule has 0 unspecified atom stereocenters. The summed E-state index contributed by atoms with van der Waals surface area (Å²) in [5.74, 6) is -2.32. The monoisotopic (exact) mass is 285 g/mol. The molecule has 1 rings (SSSR count). The van der Waals surface area contributed by atoms with Crippen LogP contribution >= 0.6 is 15.9 Å². The Kier molecular flexibility index (Phi) is 3.68. The van der Waals surface area contributed by atoms with Gasteiger partial charge in [-0.1, -0.05) is 12.6 Å². The third kappa shape index (κ3) is 2.60. The lowest BCUT2D eigenvalue weighted by atomic mass is 10.1. The van der Waals surface area contributed by atoms with Gasteiger partial charge in [-0.25, -0.2) is 4.79 Å². The highest BCUT2D eigenvalue weighted by Crippen LogP contribution is 2.27. The van der Waals surface area contributed by atoms with Gasteiger partial charge in [0.25, 0.3) is 5.91 Å². The Bertz CT molecular complexity index is 470. The Morgan fingerprint density at radius 2 is 2.00 bits per heavy atom. The van der Waals surface area contributed by atoms with Crippen molar-refractivity contribution < 1.29 is 19.8 Å². The molecule has 1 aromatic carbocycles. The normalized spacial score (nSPS) is 9.56. The van der Waals surface area contributed by atoms with Crippen LogP contribution in [0.2, 0.25) is 0 Å². The molecule has 5 nitrogen and oxygen atoms in total. The molecular weight excluding hydrogens is 278 g/mol. The first-order valence-electron chi connectivity index (χ1n) is 4.14. The van der Waals surface area contributed by atoms with Crippen LogP contribution in [0, 0.1) is 0 Å². The molecule has 0 atom stereocenters. The van der Waals surface area contributed by atoms with E-state index in [0.717, 1.165) is 0 Å². The van der Waals surface area contributed by atoms with Gasteiger partial charge in [0.2, 0.25) is 0 Å². The zero-order valence-electron chi connectivity index (χ0n) is 8.03. The molecule has 0 radical (unpaired) electrons. The second kappa shape index (κ2) is 4.80. The maximum atomic E-state index is 11.2. The number of rotatable bonds is 3. The van der Waals surface area contributed by atoms with E-state index in [1.165, 1.54) is 18.2 Å². The topological polar surface area (TPSA) is 86.6 Å². The third-order valence-electron chi connectivity index (χ3n) is 1.76. The number of para-hydroxylation sites is 1. The van der Waals surface area contributed by atoms with Gasteiger partial charge in [0.15, 0.2) is 5.75 Å². The van der Waals surface area contributed by atoms with E-state index in [9.17, 15) is 14.7 Å². The van der Waals surface area contributed by atoms with Gasteiger partial charge in [-0.15, -0.1) is 0 Å². The van der Waals surface area contributed by atoms with E-state index in [-0.39, 0.29) is 15.7 Å². The molecule has 16 heavy (non-hydrogen) atoms. The van der Waals surface area contributed by atoms with Gasteiger partial charge in [-0.3, -0.25) is 4.79 Å². The van der Waals surface area contributed by atoms with E-state index in [1.807, 2.05) is 0 Å². The van der Waals surface area contributed by atoms with Crippen LogP contribution in [0.5, 0.6) is 5.75 Å². The molecular formula is C10H8BrNO4. The van der Waals surface area contributed by atoms with E-state index < -0.39 is 17.6 Å². The summed E-state index contributed by atoms with van der Waals surface area (Å²) in [4.78, 5) is 21.9. The highest BCUT2D eigenvalue weighted by molar-refractivity contribution is 9.12. The summed E-state index contributed by atoms with van der Waals surface area (Å²) in [5.41, 5.74) is -0.261. The van der Waals surface area contributed by atoms with Gasteiger partial charge in [0.05, 0.1) is 10.2 Å². The SMILES string of the molecule is C=C(Br)C(=O)Nc1cccc(C(=O)O)c1O. The lowest BCUT2D eigenvalue weighted by molar-refractivity contribution is -0.112. The van der Waals surface area contributed by atoms with Crippen molar-refractivity contribution in [2.45, 2.75) is 0 Å². The van der Waals surface area contributed by atoms with Crippen molar-refractivity contribution in [2.75, 3.05) is 5.32 Å². The number of nitrogens with one attached hydrogen (secondary N) is 1. The molecule has 3 N–H and O–H groups in total. The van der Waals surface area contributed by atoms with Gasteiger partial charge in [-0.05, 0) is 28.1 Å². The van der Waals surface area contributed by atoms with Crippen molar-refractivity contribution in [3.63, 3.8) is 0 Å². The fourth-order valence-corrected chi connectivity index (χ4v) is 1.11. The highest BCUT2D eigenvalue weighted by Gasteiger charge is 2.14. The molecule has 0 spiro atoms. The summed E-state index contributed by atoms with van der Waals surface area (Å²) < 4.78 is 0.0765. The van der Waals surface area contributed by atoms with Crippen molar-refractivity contribution in [1.29, 1.82) is 0 Å². The Balaban J connectivity index is 3.07. The molecule has 0 saturated heterocycles. The predicted molar refractivity (Wildman–Crippen MR) is 61.8 cm³/mol. The average Bonchev–Trinajstić information content (AvgIpc) is 2.20. The lowest BCUT2D eigenvalue weighted by Gasteiger charge is -2.08. The number of phenols is 1. The number of hydrogen-bond acceptors (Lipinski definition) is 3. The Hall–Kier alpha value is -1.82. The molecule has 1 aromatic rings. The molecule has 0 aliphatic carbocycles. The molecule has 0 heterocycles. The van der Waals surface area contributed by atoms with Crippen molar-refractivity contribution in [1.82, 2.24) is 0 Å². The average molecular weight is 286 g/mol. The first-order chi connectivity index (χ1) is 7.43. The molecule has 0 aromatic heterocycles. The second-order valence-electron chi connectivity index (χ2n) is 2.87. The van der Waals surface area contributed by atoms with Gasteiger partial charge in [0, 0.05) is 0 Å². The number of hydrogen-bond donors (Lipinski definition) is 3. The van der Waals surface area contributed by atoms with Crippen molar-refractivity contribution in [3.05, 3.63) is 34.8 Å². The van der Waals surface area contributed by atoms with Crippen molar-refractivity contribution in [3.8, 4) is 5.75 Å². The molecule has 0 saturated carbocycles. The third-order valence-corrected chi connectivity index (χ3v) is 2.12. The summed E-state index contributed by atoms with van der Waals surface area (Å²) >= 11 is 2.86. The van der Waals surface area contributed by atoms with E-state index in [0.29, 0.717) is 0 Å².